The van der Waals surface area contributed by atoms with Crippen LogP contribution in [0.25, 0.3) is 0 Å². The van der Waals surface area contributed by atoms with Crippen LogP contribution in [0.5, 0.6) is 0 Å². The molecule has 0 aliphatic heterocycles. The van der Waals surface area contributed by atoms with E-state index in [9.17, 15) is 9.59 Å². The Bertz CT molecular complexity index is 454. The van der Waals surface area contributed by atoms with E-state index in [1.807, 2.05) is 12.1 Å². The van der Waals surface area contributed by atoms with Crippen LogP contribution in [0.3, 0.4) is 0 Å². The fourth-order valence-electron chi connectivity index (χ4n) is 1.20. The number of carbonyl (C=O) groups is 2. The van der Waals surface area contributed by atoms with Crippen LogP contribution in [-0.2, 0) is 19.1 Å². The van der Waals surface area contributed by atoms with Crippen molar-refractivity contribution in [1.82, 2.24) is 0 Å². The Labute approximate surface area is 111 Å². The molecule has 0 unspecified atom stereocenters. The third kappa shape index (κ3) is 6.11. The first-order chi connectivity index (χ1) is 9.11. The van der Waals surface area contributed by atoms with Crippen LogP contribution >= 0.6 is 0 Å². The number of methoxy groups -OCH3 is 1. The van der Waals surface area contributed by atoms with Crippen molar-refractivity contribution in [2.45, 2.75) is 0 Å². The number of rotatable bonds is 6. The first-order valence-electron chi connectivity index (χ1n) is 5.64. The predicted octanol–water partition coefficient (Wildman–Crippen LogP) is 0.953. The Hall–Kier alpha value is -2.50. The summed E-state index contributed by atoms with van der Waals surface area (Å²) in [7, 11) is 1.23. The standard InChI is InChI=1S/C13H16N2O4/c1-18-12(16)6-7-13(17)19-9-8-15-11-4-2-10(14)3-5-11/h2-7,15H,8-9,14H2,1H3. The highest BCUT2D eigenvalue weighted by atomic mass is 16.5. The molecule has 1 rings (SSSR count). The van der Waals surface area contributed by atoms with Gasteiger partial charge in [-0.3, -0.25) is 0 Å². The number of ether oxygens (including phenoxy) is 2. The second kappa shape index (κ2) is 7.75. The van der Waals surface area contributed by atoms with Crippen molar-refractivity contribution in [3.05, 3.63) is 36.4 Å². The van der Waals surface area contributed by atoms with E-state index in [1.54, 1.807) is 12.1 Å². The summed E-state index contributed by atoms with van der Waals surface area (Å²) in [6.45, 7) is 0.649. The van der Waals surface area contributed by atoms with Gasteiger partial charge in [-0.15, -0.1) is 0 Å². The van der Waals surface area contributed by atoms with Crippen LogP contribution in [-0.4, -0.2) is 32.2 Å². The highest BCUT2D eigenvalue weighted by Crippen LogP contribution is 2.09. The van der Waals surface area contributed by atoms with Crippen LogP contribution in [0, 0.1) is 0 Å². The summed E-state index contributed by atoms with van der Waals surface area (Å²) in [6.07, 6.45) is 2.03. The molecule has 19 heavy (non-hydrogen) atoms. The number of nitrogens with two attached hydrogens (primary N) is 1. The molecular formula is C13H16N2O4. The Balaban J connectivity index is 2.20. The lowest BCUT2D eigenvalue weighted by atomic mass is 10.3. The van der Waals surface area contributed by atoms with Crippen LogP contribution in [0.2, 0.25) is 0 Å². The number of benzene rings is 1. The van der Waals surface area contributed by atoms with Gasteiger partial charge in [-0.2, -0.15) is 0 Å². The van der Waals surface area contributed by atoms with Crippen molar-refractivity contribution < 1.29 is 19.1 Å². The van der Waals surface area contributed by atoms with Crippen molar-refractivity contribution in [1.29, 1.82) is 0 Å². The quantitative estimate of drug-likeness (QED) is 0.344. The maximum Gasteiger partial charge on any atom is 0.331 e. The van der Waals surface area contributed by atoms with E-state index in [2.05, 4.69) is 10.1 Å². The summed E-state index contributed by atoms with van der Waals surface area (Å²) >= 11 is 0. The number of hydrogen-bond acceptors (Lipinski definition) is 6. The maximum atomic E-state index is 11.2. The highest BCUT2D eigenvalue weighted by molar-refractivity contribution is 5.91. The lowest BCUT2D eigenvalue weighted by molar-refractivity contribution is -0.139. The molecule has 0 spiro atoms. The second-order valence-corrected chi connectivity index (χ2v) is 3.57. The van der Waals surface area contributed by atoms with Crippen molar-refractivity contribution in [3.63, 3.8) is 0 Å². The minimum Gasteiger partial charge on any atom is -0.466 e. The summed E-state index contributed by atoms with van der Waals surface area (Å²) < 4.78 is 9.20. The molecule has 0 aliphatic rings. The molecule has 6 nitrogen and oxygen atoms in total. The average Bonchev–Trinajstić information content (AvgIpc) is 2.42. The van der Waals surface area contributed by atoms with Gasteiger partial charge >= 0.3 is 11.9 Å². The largest absolute Gasteiger partial charge is 0.466 e. The van der Waals surface area contributed by atoms with Crippen LogP contribution in [0.1, 0.15) is 0 Å². The molecule has 3 N–H and O–H groups in total. The number of nitrogens with one attached hydrogen (secondary N) is 1. The third-order valence-electron chi connectivity index (χ3n) is 2.14. The van der Waals surface area contributed by atoms with Gasteiger partial charge in [0.2, 0.25) is 0 Å². The van der Waals surface area contributed by atoms with E-state index in [0.29, 0.717) is 12.2 Å². The Morgan fingerprint density at radius 3 is 2.47 bits per heavy atom. The molecule has 6 heteroatoms. The molecule has 0 amide bonds. The highest BCUT2D eigenvalue weighted by Gasteiger charge is 1.99. The van der Waals surface area contributed by atoms with E-state index in [1.165, 1.54) is 7.11 Å². The SMILES string of the molecule is COC(=O)C=CC(=O)OCCNc1ccc(N)cc1. The van der Waals surface area contributed by atoms with E-state index >= 15 is 0 Å². The van der Waals surface area contributed by atoms with Crippen molar-refractivity contribution in [2.75, 3.05) is 31.3 Å². The second-order valence-electron chi connectivity index (χ2n) is 3.57. The summed E-state index contributed by atoms with van der Waals surface area (Å²) in [5.41, 5.74) is 7.12. The molecule has 1 aromatic rings. The Kier molecular flexibility index (Phi) is 5.94. The minimum atomic E-state index is -0.600. The smallest absolute Gasteiger partial charge is 0.331 e. The summed E-state index contributed by atoms with van der Waals surface area (Å²) in [5, 5.41) is 3.05. The maximum absolute atomic E-state index is 11.2. The Morgan fingerprint density at radius 2 is 1.84 bits per heavy atom. The van der Waals surface area contributed by atoms with E-state index in [4.69, 9.17) is 10.5 Å². The number of hydrogen-bond donors (Lipinski definition) is 2. The van der Waals surface area contributed by atoms with Crippen LogP contribution in [0.4, 0.5) is 11.4 Å². The lowest BCUT2D eigenvalue weighted by Crippen LogP contribution is -2.12. The molecule has 0 bridgehead atoms. The topological polar surface area (TPSA) is 90.7 Å². The van der Waals surface area contributed by atoms with Crippen molar-refractivity contribution in [2.24, 2.45) is 0 Å². The number of anilines is 2. The van der Waals surface area contributed by atoms with Gasteiger partial charge in [0.1, 0.15) is 6.61 Å². The zero-order valence-corrected chi connectivity index (χ0v) is 10.6. The zero-order valence-electron chi connectivity index (χ0n) is 10.6. The van der Waals surface area contributed by atoms with Gasteiger partial charge in [-0.1, -0.05) is 0 Å². The molecule has 102 valence electrons. The molecule has 0 radical (unpaired) electrons. The molecule has 0 aliphatic carbocycles. The molecule has 0 fully saturated rings. The van der Waals surface area contributed by atoms with E-state index in [-0.39, 0.29) is 6.61 Å². The monoisotopic (exact) mass is 264 g/mol. The number of esters is 2. The van der Waals surface area contributed by atoms with Gasteiger partial charge in [-0.05, 0) is 24.3 Å². The van der Waals surface area contributed by atoms with Gasteiger partial charge < -0.3 is 20.5 Å². The molecule has 0 atom stereocenters. The van der Waals surface area contributed by atoms with Crippen LogP contribution < -0.4 is 11.1 Å². The van der Waals surface area contributed by atoms with Gasteiger partial charge in [0, 0.05) is 30.1 Å². The third-order valence-corrected chi connectivity index (χ3v) is 2.14. The Morgan fingerprint density at radius 1 is 1.21 bits per heavy atom. The molecule has 0 saturated carbocycles. The minimum absolute atomic E-state index is 0.189. The van der Waals surface area contributed by atoms with Crippen LogP contribution in [0.15, 0.2) is 36.4 Å². The molecule has 1 aromatic carbocycles. The van der Waals surface area contributed by atoms with Gasteiger partial charge in [0.15, 0.2) is 0 Å². The summed E-state index contributed by atoms with van der Waals surface area (Å²) in [6, 6.07) is 7.20. The molecule has 0 saturated heterocycles. The first kappa shape index (κ1) is 14.6. The van der Waals surface area contributed by atoms with Gasteiger partial charge in [0.25, 0.3) is 0 Å². The molecule has 0 aromatic heterocycles. The van der Waals surface area contributed by atoms with Crippen molar-refractivity contribution >= 4 is 23.3 Å². The number of carbonyl (C=O) groups excluding carboxylic acids is 2. The summed E-state index contributed by atoms with van der Waals surface area (Å²) in [5.74, 6) is -1.19. The van der Waals surface area contributed by atoms with E-state index in [0.717, 1.165) is 17.8 Å². The summed E-state index contributed by atoms with van der Waals surface area (Å²) in [4.78, 5) is 21.9. The molecule has 0 heterocycles. The van der Waals surface area contributed by atoms with Gasteiger partial charge in [0.05, 0.1) is 7.11 Å². The fourth-order valence-corrected chi connectivity index (χ4v) is 1.20. The lowest BCUT2D eigenvalue weighted by Gasteiger charge is -2.06. The normalized spacial score (nSPS) is 10.2. The fraction of sp³-hybridized carbons (Fsp3) is 0.231. The van der Waals surface area contributed by atoms with E-state index < -0.39 is 11.9 Å². The average molecular weight is 264 g/mol. The predicted molar refractivity (Wildman–Crippen MR) is 71.5 cm³/mol. The number of nitrogen functional groups attached to an aromatic ring is 1. The first-order valence-corrected chi connectivity index (χ1v) is 5.64. The molecular weight excluding hydrogens is 248 g/mol. The van der Waals surface area contributed by atoms with Gasteiger partial charge in [-0.25, -0.2) is 9.59 Å². The van der Waals surface area contributed by atoms with Crippen molar-refractivity contribution in [3.8, 4) is 0 Å². The zero-order chi connectivity index (χ0) is 14.1.